The zero-order chi connectivity index (χ0) is 21.0. The molecule has 1 unspecified atom stereocenters. The van der Waals surface area contributed by atoms with Gasteiger partial charge in [0, 0.05) is 29.8 Å². The number of nitrogens with one attached hydrogen (secondary N) is 1. The van der Waals surface area contributed by atoms with Crippen molar-refractivity contribution in [3.63, 3.8) is 0 Å². The lowest BCUT2D eigenvalue weighted by Crippen LogP contribution is -2.39. The van der Waals surface area contributed by atoms with Crippen molar-refractivity contribution in [2.75, 3.05) is 34.4 Å². The maximum absolute atomic E-state index is 13.0. The summed E-state index contributed by atoms with van der Waals surface area (Å²) in [5.41, 5.74) is 1.03. The highest BCUT2D eigenvalue weighted by Gasteiger charge is 2.26. The van der Waals surface area contributed by atoms with Gasteiger partial charge < -0.3 is 19.5 Å². The molecule has 1 heterocycles. The normalized spacial score (nSPS) is 15.2. The zero-order valence-corrected chi connectivity index (χ0v) is 17.5. The minimum atomic E-state index is -0.455. The topological polar surface area (TPSA) is 112 Å². The molecule has 0 amide bonds. The van der Waals surface area contributed by atoms with Crippen LogP contribution < -0.4 is 19.5 Å². The Hall–Kier alpha value is -3.33. The second kappa shape index (κ2) is 9.93. The van der Waals surface area contributed by atoms with Crippen LogP contribution in [0.15, 0.2) is 41.4 Å². The minimum Gasteiger partial charge on any atom is -0.493 e. The summed E-state index contributed by atoms with van der Waals surface area (Å²) in [6.07, 6.45) is 0. The van der Waals surface area contributed by atoms with Crippen molar-refractivity contribution in [3.8, 4) is 17.2 Å². The van der Waals surface area contributed by atoms with Crippen molar-refractivity contribution >= 4 is 29.7 Å². The lowest BCUT2D eigenvalue weighted by molar-refractivity contribution is -0.384. The third kappa shape index (κ3) is 4.62. The lowest BCUT2D eigenvalue weighted by atomic mass is 9.95. The first kappa shape index (κ1) is 23.0. The molecule has 0 saturated heterocycles. The minimum absolute atomic E-state index is 0. The second-order valence-corrected chi connectivity index (χ2v) is 6.35. The van der Waals surface area contributed by atoms with Crippen molar-refractivity contribution in [2.24, 2.45) is 10.9 Å². The van der Waals surface area contributed by atoms with Gasteiger partial charge in [0.1, 0.15) is 5.84 Å². The number of ketones is 1. The number of hydrogen-bond acceptors (Lipinski definition) is 8. The molecule has 0 fully saturated rings. The summed E-state index contributed by atoms with van der Waals surface area (Å²) in [6.45, 7) is 0.623. The first-order valence-electron chi connectivity index (χ1n) is 8.85. The molecule has 1 aliphatic heterocycles. The Bertz CT molecular complexity index is 954. The first-order chi connectivity index (χ1) is 14.0. The second-order valence-electron chi connectivity index (χ2n) is 6.35. The van der Waals surface area contributed by atoms with E-state index in [-0.39, 0.29) is 36.3 Å². The van der Waals surface area contributed by atoms with Gasteiger partial charge in [-0.3, -0.25) is 19.9 Å². The highest BCUT2D eigenvalue weighted by Crippen LogP contribution is 2.38. The average molecular weight is 436 g/mol. The molecule has 0 aliphatic carbocycles. The van der Waals surface area contributed by atoms with E-state index in [9.17, 15) is 14.9 Å². The Morgan fingerprint density at radius 2 is 1.80 bits per heavy atom. The molecule has 160 valence electrons. The molecule has 0 radical (unpaired) electrons. The van der Waals surface area contributed by atoms with E-state index in [2.05, 4.69) is 10.3 Å². The van der Waals surface area contributed by atoms with Crippen molar-refractivity contribution in [1.29, 1.82) is 0 Å². The molecule has 2 aromatic carbocycles. The van der Waals surface area contributed by atoms with Gasteiger partial charge in [-0.1, -0.05) is 12.1 Å². The standard InChI is InChI=1S/C20H21N3O6.ClH/c1-27-16-8-13(9-17(28-2)19(16)29-3)18(24)14-10-21-20(22-11-14)12-5-4-6-15(7-12)23(25)26;/h4-9,14H,10-11H2,1-3H3,(H,21,22);1H. The van der Waals surface area contributed by atoms with Crippen LogP contribution in [0.25, 0.3) is 0 Å². The predicted octanol–water partition coefficient (Wildman–Crippen LogP) is 2.89. The van der Waals surface area contributed by atoms with Gasteiger partial charge in [-0.05, 0) is 12.1 Å². The van der Waals surface area contributed by atoms with E-state index in [1.165, 1.54) is 33.5 Å². The van der Waals surface area contributed by atoms with Gasteiger partial charge in [0.05, 0.1) is 38.7 Å². The molecular formula is C20H22ClN3O6. The number of nitro benzene ring substituents is 1. The van der Waals surface area contributed by atoms with Gasteiger partial charge in [0.2, 0.25) is 5.75 Å². The number of ether oxygens (including phenoxy) is 3. The van der Waals surface area contributed by atoms with Gasteiger partial charge in [0.25, 0.3) is 5.69 Å². The summed E-state index contributed by atoms with van der Waals surface area (Å²) < 4.78 is 15.9. The third-order valence-corrected chi connectivity index (χ3v) is 4.64. The number of Topliss-reactive ketones (excluding diaryl/α,β-unsaturated/α-hetero) is 1. The largest absolute Gasteiger partial charge is 0.493 e. The van der Waals surface area contributed by atoms with Crippen LogP contribution in [0.2, 0.25) is 0 Å². The summed E-state index contributed by atoms with van der Waals surface area (Å²) in [5.74, 6) is 1.25. The molecule has 3 rings (SSSR count). The Kier molecular flexibility index (Phi) is 7.60. The maximum Gasteiger partial charge on any atom is 0.270 e. The molecule has 0 bridgehead atoms. The van der Waals surface area contributed by atoms with Crippen LogP contribution in [0, 0.1) is 16.0 Å². The Morgan fingerprint density at radius 1 is 1.13 bits per heavy atom. The first-order valence-corrected chi connectivity index (χ1v) is 8.85. The number of amidine groups is 1. The monoisotopic (exact) mass is 435 g/mol. The van der Waals surface area contributed by atoms with E-state index < -0.39 is 4.92 Å². The number of nitrogens with zero attached hydrogens (tertiary/aromatic N) is 2. The van der Waals surface area contributed by atoms with Crippen LogP contribution in [0.3, 0.4) is 0 Å². The number of nitro groups is 1. The fourth-order valence-electron chi connectivity index (χ4n) is 3.14. The number of methoxy groups -OCH3 is 3. The lowest BCUT2D eigenvalue weighted by Gasteiger charge is -2.23. The van der Waals surface area contributed by atoms with Gasteiger partial charge in [0.15, 0.2) is 17.3 Å². The van der Waals surface area contributed by atoms with Crippen LogP contribution in [0.4, 0.5) is 5.69 Å². The number of hydrogen-bond donors (Lipinski definition) is 1. The fourth-order valence-corrected chi connectivity index (χ4v) is 3.14. The smallest absolute Gasteiger partial charge is 0.270 e. The van der Waals surface area contributed by atoms with E-state index in [1.54, 1.807) is 24.3 Å². The molecule has 30 heavy (non-hydrogen) atoms. The molecule has 1 N–H and O–H groups in total. The number of halogens is 1. The van der Waals surface area contributed by atoms with E-state index in [0.29, 0.717) is 40.8 Å². The van der Waals surface area contributed by atoms with Crippen molar-refractivity contribution in [1.82, 2.24) is 5.32 Å². The highest BCUT2D eigenvalue weighted by molar-refractivity contribution is 6.03. The van der Waals surface area contributed by atoms with Gasteiger partial charge in [-0.2, -0.15) is 0 Å². The molecule has 0 spiro atoms. The van der Waals surface area contributed by atoms with Gasteiger partial charge in [-0.15, -0.1) is 12.4 Å². The molecular weight excluding hydrogens is 414 g/mol. The molecule has 2 aromatic rings. The highest BCUT2D eigenvalue weighted by atomic mass is 35.5. The Balaban J connectivity index is 0.00000320. The molecule has 1 aliphatic rings. The van der Waals surface area contributed by atoms with Crippen LogP contribution in [0.5, 0.6) is 17.2 Å². The zero-order valence-electron chi connectivity index (χ0n) is 16.7. The number of carbonyl (C=O) groups excluding carboxylic acids is 1. The summed E-state index contributed by atoms with van der Waals surface area (Å²) in [5, 5.41) is 14.1. The van der Waals surface area contributed by atoms with Gasteiger partial charge >= 0.3 is 0 Å². The SMILES string of the molecule is COc1cc(C(=O)C2CN=C(c3cccc([N+](=O)[O-])c3)NC2)cc(OC)c1OC.Cl. The van der Waals surface area contributed by atoms with Crippen molar-refractivity contribution < 1.29 is 23.9 Å². The van der Waals surface area contributed by atoms with Crippen LogP contribution in [0.1, 0.15) is 15.9 Å². The summed E-state index contributed by atoms with van der Waals surface area (Å²) >= 11 is 0. The average Bonchev–Trinajstić information content (AvgIpc) is 2.77. The van der Waals surface area contributed by atoms with Crippen molar-refractivity contribution in [2.45, 2.75) is 0 Å². The molecule has 9 nitrogen and oxygen atoms in total. The van der Waals surface area contributed by atoms with Crippen LogP contribution in [-0.2, 0) is 0 Å². The number of non-ortho nitro benzene ring substituents is 1. The third-order valence-electron chi connectivity index (χ3n) is 4.64. The van der Waals surface area contributed by atoms with Gasteiger partial charge in [-0.25, -0.2) is 0 Å². The predicted molar refractivity (Wildman–Crippen MR) is 114 cm³/mol. The molecule has 1 atom stereocenters. The quantitative estimate of drug-likeness (QED) is 0.404. The van der Waals surface area contributed by atoms with E-state index in [1.807, 2.05) is 0 Å². The fraction of sp³-hybridized carbons (Fsp3) is 0.300. The molecule has 0 aromatic heterocycles. The Morgan fingerprint density at radius 3 is 2.30 bits per heavy atom. The van der Waals surface area contributed by atoms with Crippen molar-refractivity contribution in [3.05, 3.63) is 57.6 Å². The summed E-state index contributed by atoms with van der Waals surface area (Å²) in [4.78, 5) is 27.9. The number of benzene rings is 2. The van der Waals surface area contributed by atoms with E-state index in [0.717, 1.165) is 0 Å². The number of carbonyl (C=O) groups is 1. The number of rotatable bonds is 7. The van der Waals surface area contributed by atoms with E-state index in [4.69, 9.17) is 14.2 Å². The summed E-state index contributed by atoms with van der Waals surface area (Å²) in [6, 6.07) is 9.44. The maximum atomic E-state index is 13.0. The van der Waals surface area contributed by atoms with Crippen LogP contribution >= 0.6 is 12.4 Å². The van der Waals surface area contributed by atoms with E-state index >= 15 is 0 Å². The Labute approximate surface area is 179 Å². The summed E-state index contributed by atoms with van der Waals surface area (Å²) in [7, 11) is 4.48. The molecule has 10 heteroatoms. The van der Waals surface area contributed by atoms with Crippen LogP contribution in [-0.4, -0.2) is 51.0 Å². The number of aliphatic imine (C=N–C) groups is 1. The molecule has 0 saturated carbocycles.